The standard InChI is InChI=1S/C15H14ClFN2O/c1-2-3-4-7-19-10-12(20)9-15(18-19)11-5-6-13(16)14(17)8-11/h5-6,8H,2-3,9-10H2,1H3. The first-order chi connectivity index (χ1) is 9.60. The third kappa shape index (κ3) is 3.58. The van der Waals surface area contributed by atoms with E-state index in [0.717, 1.165) is 12.8 Å². The Morgan fingerprint density at radius 3 is 3.00 bits per heavy atom. The summed E-state index contributed by atoms with van der Waals surface area (Å²) in [5.41, 5.74) is 1.07. The molecule has 0 saturated carbocycles. The minimum Gasteiger partial charge on any atom is -0.297 e. The lowest BCUT2D eigenvalue weighted by Crippen LogP contribution is -2.30. The van der Waals surface area contributed by atoms with Crippen molar-refractivity contribution < 1.29 is 9.18 Å². The summed E-state index contributed by atoms with van der Waals surface area (Å²) in [7, 11) is 0. The molecule has 0 saturated heterocycles. The highest BCUT2D eigenvalue weighted by Gasteiger charge is 2.20. The molecule has 0 N–H and O–H groups in total. The minimum atomic E-state index is -0.520. The van der Waals surface area contributed by atoms with Gasteiger partial charge >= 0.3 is 0 Å². The van der Waals surface area contributed by atoms with E-state index in [2.05, 4.69) is 17.1 Å². The van der Waals surface area contributed by atoms with Crippen LogP contribution in [-0.4, -0.2) is 23.0 Å². The average molecular weight is 293 g/mol. The number of carbonyl (C=O) groups is 1. The number of Topliss-reactive ketones (excluding diaryl/α,β-unsaturated/α-hetero) is 1. The van der Waals surface area contributed by atoms with Crippen LogP contribution in [0.2, 0.25) is 5.02 Å². The van der Waals surface area contributed by atoms with Gasteiger partial charge in [0.05, 0.1) is 17.2 Å². The molecule has 1 aliphatic heterocycles. The average Bonchev–Trinajstić information content (AvgIpc) is 2.41. The molecule has 1 aromatic rings. The third-order valence-electron chi connectivity index (χ3n) is 2.77. The predicted octanol–water partition coefficient (Wildman–Crippen LogP) is 3.22. The Balaban J connectivity index is 2.27. The summed E-state index contributed by atoms with van der Waals surface area (Å²) >= 11 is 5.65. The van der Waals surface area contributed by atoms with Crippen LogP contribution in [-0.2, 0) is 4.79 Å². The van der Waals surface area contributed by atoms with Gasteiger partial charge in [0.1, 0.15) is 12.4 Å². The zero-order chi connectivity index (χ0) is 14.5. The lowest BCUT2D eigenvalue weighted by atomic mass is 10.0. The molecule has 0 spiro atoms. The Kier molecular flexibility index (Phi) is 4.75. The Morgan fingerprint density at radius 1 is 1.50 bits per heavy atom. The topological polar surface area (TPSA) is 32.7 Å². The van der Waals surface area contributed by atoms with Crippen molar-refractivity contribution in [2.24, 2.45) is 5.10 Å². The zero-order valence-corrected chi connectivity index (χ0v) is 11.9. The highest BCUT2D eigenvalue weighted by molar-refractivity contribution is 6.30. The van der Waals surface area contributed by atoms with Crippen LogP contribution in [0.1, 0.15) is 31.7 Å². The predicted molar refractivity (Wildman–Crippen MR) is 77.0 cm³/mol. The second-order valence-electron chi connectivity index (χ2n) is 4.49. The van der Waals surface area contributed by atoms with Gasteiger partial charge in [-0.15, -0.1) is 0 Å². The number of halogens is 2. The molecule has 5 heteroatoms. The van der Waals surface area contributed by atoms with Gasteiger partial charge in [-0.05, 0) is 18.6 Å². The summed E-state index contributed by atoms with van der Waals surface area (Å²) < 4.78 is 13.5. The van der Waals surface area contributed by atoms with E-state index in [-0.39, 0.29) is 23.8 Å². The number of hydrogen-bond donors (Lipinski definition) is 0. The van der Waals surface area contributed by atoms with Gasteiger partial charge in [0.25, 0.3) is 0 Å². The van der Waals surface area contributed by atoms with Gasteiger partial charge in [0.15, 0.2) is 5.78 Å². The fraction of sp³-hybridized carbons (Fsp3) is 0.333. The SMILES string of the molecule is CCCC#CN1CC(=O)CC(c2ccc(Cl)c(F)c2)=N1. The lowest BCUT2D eigenvalue weighted by Gasteiger charge is -2.19. The molecule has 0 radical (unpaired) electrons. The van der Waals surface area contributed by atoms with Gasteiger partial charge < -0.3 is 0 Å². The minimum absolute atomic E-state index is 0.0103. The first-order valence-corrected chi connectivity index (χ1v) is 6.78. The van der Waals surface area contributed by atoms with Crippen molar-refractivity contribution in [3.8, 4) is 12.0 Å². The van der Waals surface area contributed by atoms with Crippen LogP contribution in [0.15, 0.2) is 23.3 Å². The van der Waals surface area contributed by atoms with Gasteiger partial charge in [-0.3, -0.25) is 4.79 Å². The van der Waals surface area contributed by atoms with Gasteiger partial charge in [0, 0.05) is 18.0 Å². The molecule has 1 aliphatic rings. The Hall–Kier alpha value is -1.86. The number of rotatable bonds is 2. The van der Waals surface area contributed by atoms with E-state index >= 15 is 0 Å². The number of unbranched alkanes of at least 4 members (excludes halogenated alkanes) is 1. The maximum Gasteiger partial charge on any atom is 0.161 e. The first-order valence-electron chi connectivity index (χ1n) is 6.40. The number of hydrogen-bond acceptors (Lipinski definition) is 3. The number of ketones is 1. The fourth-order valence-electron chi connectivity index (χ4n) is 1.80. The molecule has 104 valence electrons. The van der Waals surface area contributed by atoms with Crippen LogP contribution < -0.4 is 0 Å². The monoisotopic (exact) mass is 292 g/mol. The van der Waals surface area contributed by atoms with E-state index in [9.17, 15) is 9.18 Å². The summed E-state index contributed by atoms with van der Waals surface area (Å²) in [5.74, 6) is 2.43. The van der Waals surface area contributed by atoms with Gasteiger partial charge in [-0.25, -0.2) is 9.40 Å². The zero-order valence-electron chi connectivity index (χ0n) is 11.1. The third-order valence-corrected chi connectivity index (χ3v) is 3.07. The fourth-order valence-corrected chi connectivity index (χ4v) is 1.92. The van der Waals surface area contributed by atoms with Crippen LogP contribution in [0.4, 0.5) is 4.39 Å². The van der Waals surface area contributed by atoms with Crippen LogP contribution in [0, 0.1) is 17.8 Å². The highest BCUT2D eigenvalue weighted by atomic mass is 35.5. The molecule has 0 fully saturated rings. The number of hydrazone groups is 1. The molecular formula is C15H14ClFN2O. The summed E-state index contributed by atoms with van der Waals surface area (Å²) in [6, 6.07) is 7.24. The quantitative estimate of drug-likeness (QED) is 0.784. The summed E-state index contributed by atoms with van der Waals surface area (Å²) in [6.45, 7) is 2.21. The molecular weight excluding hydrogens is 279 g/mol. The van der Waals surface area contributed by atoms with Gasteiger partial charge in [-0.2, -0.15) is 5.10 Å². The van der Waals surface area contributed by atoms with Crippen LogP contribution in [0.5, 0.6) is 0 Å². The number of nitrogens with zero attached hydrogens (tertiary/aromatic N) is 2. The Morgan fingerprint density at radius 2 is 2.30 bits per heavy atom. The van der Waals surface area contributed by atoms with Crippen molar-refractivity contribution >= 4 is 23.1 Å². The second-order valence-corrected chi connectivity index (χ2v) is 4.89. The molecule has 20 heavy (non-hydrogen) atoms. The molecule has 1 heterocycles. The van der Waals surface area contributed by atoms with Crippen molar-refractivity contribution in [2.75, 3.05) is 6.54 Å². The number of benzene rings is 1. The second kappa shape index (κ2) is 6.53. The van der Waals surface area contributed by atoms with Crippen LogP contribution in [0.3, 0.4) is 0 Å². The van der Waals surface area contributed by atoms with E-state index in [1.807, 2.05) is 6.92 Å². The van der Waals surface area contributed by atoms with Gasteiger partial charge in [0.2, 0.25) is 0 Å². The molecule has 0 bridgehead atoms. The summed E-state index contributed by atoms with van der Waals surface area (Å²) in [6.07, 6.45) is 1.89. The van der Waals surface area contributed by atoms with Crippen molar-refractivity contribution in [1.82, 2.24) is 5.01 Å². The largest absolute Gasteiger partial charge is 0.297 e. The van der Waals surface area contributed by atoms with Crippen molar-refractivity contribution in [1.29, 1.82) is 0 Å². The van der Waals surface area contributed by atoms with Crippen molar-refractivity contribution in [3.63, 3.8) is 0 Å². The number of carbonyl (C=O) groups excluding carboxylic acids is 1. The maximum absolute atomic E-state index is 13.5. The van der Waals surface area contributed by atoms with Crippen molar-refractivity contribution in [2.45, 2.75) is 26.2 Å². The normalized spacial score (nSPS) is 14.7. The van der Waals surface area contributed by atoms with Crippen molar-refractivity contribution in [3.05, 3.63) is 34.6 Å². The smallest absolute Gasteiger partial charge is 0.161 e. The van der Waals surface area contributed by atoms with E-state index in [1.165, 1.54) is 17.1 Å². The Labute approximate surface area is 122 Å². The van der Waals surface area contributed by atoms with Crippen LogP contribution in [0.25, 0.3) is 0 Å². The lowest BCUT2D eigenvalue weighted by molar-refractivity contribution is -0.118. The Bertz CT molecular complexity index is 616. The molecule has 0 aromatic heterocycles. The van der Waals surface area contributed by atoms with E-state index in [0.29, 0.717) is 11.3 Å². The maximum atomic E-state index is 13.5. The van der Waals surface area contributed by atoms with E-state index < -0.39 is 5.82 Å². The summed E-state index contributed by atoms with van der Waals surface area (Å²) in [4.78, 5) is 11.7. The molecule has 0 atom stereocenters. The molecule has 2 rings (SSSR count). The first kappa shape index (κ1) is 14.5. The molecule has 0 amide bonds. The summed E-state index contributed by atoms with van der Waals surface area (Å²) in [5, 5.41) is 5.76. The highest BCUT2D eigenvalue weighted by Crippen LogP contribution is 2.18. The van der Waals surface area contributed by atoms with E-state index in [4.69, 9.17) is 11.6 Å². The van der Waals surface area contributed by atoms with Gasteiger partial charge in [-0.1, -0.05) is 30.5 Å². The molecule has 0 aliphatic carbocycles. The molecule has 0 unspecified atom stereocenters. The van der Waals surface area contributed by atoms with Crippen LogP contribution >= 0.6 is 11.6 Å². The molecule has 3 nitrogen and oxygen atoms in total. The van der Waals surface area contributed by atoms with E-state index in [1.54, 1.807) is 6.07 Å². The molecule has 1 aromatic carbocycles.